The van der Waals surface area contributed by atoms with Crippen LogP contribution in [0.25, 0.3) is 0 Å². The SMILES string of the molecule is CC(C)C1CN(C(=O)OC(C)(C)C)CCC1C#N. The van der Waals surface area contributed by atoms with Crippen LogP contribution in [0.4, 0.5) is 4.79 Å². The number of carbonyl (C=O) groups excluding carboxylic acids is 1. The van der Waals surface area contributed by atoms with E-state index < -0.39 is 5.60 Å². The van der Waals surface area contributed by atoms with Gasteiger partial charge in [-0.05, 0) is 39.0 Å². The van der Waals surface area contributed by atoms with Crippen molar-refractivity contribution in [3.63, 3.8) is 0 Å². The van der Waals surface area contributed by atoms with Crippen molar-refractivity contribution in [2.45, 2.75) is 46.6 Å². The lowest BCUT2D eigenvalue weighted by Gasteiger charge is -2.38. The summed E-state index contributed by atoms with van der Waals surface area (Å²) in [4.78, 5) is 13.7. The molecule has 18 heavy (non-hydrogen) atoms. The van der Waals surface area contributed by atoms with E-state index in [4.69, 9.17) is 10.00 Å². The van der Waals surface area contributed by atoms with Gasteiger partial charge >= 0.3 is 6.09 Å². The topological polar surface area (TPSA) is 53.3 Å². The van der Waals surface area contributed by atoms with Crippen LogP contribution in [-0.2, 0) is 4.74 Å². The molecule has 1 aliphatic rings. The van der Waals surface area contributed by atoms with Gasteiger partial charge in [0, 0.05) is 13.1 Å². The lowest BCUT2D eigenvalue weighted by Crippen LogP contribution is -2.46. The number of amides is 1. The highest BCUT2D eigenvalue weighted by molar-refractivity contribution is 5.68. The van der Waals surface area contributed by atoms with Crippen molar-refractivity contribution in [1.29, 1.82) is 5.26 Å². The summed E-state index contributed by atoms with van der Waals surface area (Å²) in [5.74, 6) is 0.708. The van der Waals surface area contributed by atoms with Gasteiger partial charge in [-0.15, -0.1) is 0 Å². The molecule has 1 heterocycles. The molecule has 0 aromatic carbocycles. The molecule has 4 heteroatoms. The Morgan fingerprint density at radius 3 is 2.50 bits per heavy atom. The van der Waals surface area contributed by atoms with Crippen molar-refractivity contribution < 1.29 is 9.53 Å². The first-order valence-electron chi connectivity index (χ1n) is 6.62. The molecular weight excluding hydrogens is 228 g/mol. The van der Waals surface area contributed by atoms with Crippen LogP contribution in [0.5, 0.6) is 0 Å². The maximum absolute atomic E-state index is 12.0. The van der Waals surface area contributed by atoms with E-state index in [-0.39, 0.29) is 17.9 Å². The molecule has 0 aromatic rings. The second-order valence-electron chi connectivity index (χ2n) is 6.36. The van der Waals surface area contributed by atoms with Crippen molar-refractivity contribution in [3.8, 4) is 6.07 Å². The van der Waals surface area contributed by atoms with Gasteiger partial charge in [0.25, 0.3) is 0 Å². The van der Waals surface area contributed by atoms with Gasteiger partial charge in [0.1, 0.15) is 5.60 Å². The highest BCUT2D eigenvalue weighted by Gasteiger charge is 2.34. The van der Waals surface area contributed by atoms with Crippen LogP contribution in [0.1, 0.15) is 41.0 Å². The second kappa shape index (κ2) is 5.60. The third kappa shape index (κ3) is 3.90. The second-order valence-corrected chi connectivity index (χ2v) is 6.36. The van der Waals surface area contributed by atoms with E-state index in [0.717, 1.165) is 6.42 Å². The monoisotopic (exact) mass is 252 g/mol. The third-order valence-corrected chi connectivity index (χ3v) is 3.33. The summed E-state index contributed by atoms with van der Waals surface area (Å²) in [7, 11) is 0. The molecule has 0 N–H and O–H groups in total. The molecule has 0 saturated carbocycles. The van der Waals surface area contributed by atoms with E-state index in [9.17, 15) is 4.79 Å². The predicted molar refractivity (Wildman–Crippen MR) is 69.9 cm³/mol. The summed E-state index contributed by atoms with van der Waals surface area (Å²) in [6.45, 7) is 11.1. The summed E-state index contributed by atoms with van der Waals surface area (Å²) in [5.41, 5.74) is -0.462. The quantitative estimate of drug-likeness (QED) is 0.720. The molecule has 1 aliphatic heterocycles. The van der Waals surface area contributed by atoms with Crippen LogP contribution in [0, 0.1) is 29.1 Å². The van der Waals surface area contributed by atoms with Crippen molar-refractivity contribution in [1.82, 2.24) is 4.90 Å². The Morgan fingerprint density at radius 1 is 1.44 bits per heavy atom. The van der Waals surface area contributed by atoms with E-state index in [1.807, 2.05) is 20.8 Å². The number of nitriles is 1. The molecule has 0 radical (unpaired) electrons. The molecule has 1 amide bonds. The summed E-state index contributed by atoms with van der Waals surface area (Å²) in [6.07, 6.45) is 0.489. The highest BCUT2D eigenvalue weighted by atomic mass is 16.6. The number of likely N-dealkylation sites (tertiary alicyclic amines) is 1. The minimum absolute atomic E-state index is 0.0590. The molecule has 0 spiro atoms. The van der Waals surface area contributed by atoms with Crippen LogP contribution in [0.3, 0.4) is 0 Å². The number of ether oxygens (including phenoxy) is 1. The summed E-state index contributed by atoms with van der Waals surface area (Å²) in [5, 5.41) is 9.14. The third-order valence-electron chi connectivity index (χ3n) is 3.33. The molecule has 0 bridgehead atoms. The van der Waals surface area contributed by atoms with Gasteiger partial charge in [-0.3, -0.25) is 0 Å². The Balaban J connectivity index is 2.66. The molecule has 1 fully saturated rings. The predicted octanol–water partition coefficient (Wildman–Crippen LogP) is 3.04. The summed E-state index contributed by atoms with van der Waals surface area (Å²) in [6, 6.07) is 2.36. The molecule has 102 valence electrons. The Hall–Kier alpha value is -1.24. The normalized spacial score (nSPS) is 24.8. The van der Waals surface area contributed by atoms with Crippen LogP contribution in [-0.4, -0.2) is 29.7 Å². The fourth-order valence-electron chi connectivity index (χ4n) is 2.31. The molecule has 2 atom stereocenters. The Kier molecular flexibility index (Phi) is 4.61. The zero-order chi connectivity index (χ0) is 13.9. The number of nitrogens with zero attached hydrogens (tertiary/aromatic N) is 2. The smallest absolute Gasteiger partial charge is 0.410 e. The lowest BCUT2D eigenvalue weighted by molar-refractivity contribution is 0.00975. The molecular formula is C14H24N2O2. The van der Waals surface area contributed by atoms with Crippen molar-refractivity contribution in [2.75, 3.05) is 13.1 Å². The first-order chi connectivity index (χ1) is 8.24. The standard InChI is InChI=1S/C14H24N2O2/c1-10(2)12-9-16(7-6-11(12)8-15)13(17)18-14(3,4)5/h10-12H,6-7,9H2,1-5H3. The van der Waals surface area contributed by atoms with Gasteiger partial charge < -0.3 is 9.64 Å². The minimum atomic E-state index is -0.462. The van der Waals surface area contributed by atoms with Gasteiger partial charge in [-0.1, -0.05) is 13.8 Å². The Labute approximate surface area is 110 Å². The van der Waals surface area contributed by atoms with E-state index >= 15 is 0 Å². The first kappa shape index (κ1) is 14.8. The average molecular weight is 252 g/mol. The van der Waals surface area contributed by atoms with Crippen LogP contribution in [0.15, 0.2) is 0 Å². The number of rotatable bonds is 1. The molecule has 0 aromatic heterocycles. The van der Waals surface area contributed by atoms with Crippen LogP contribution >= 0.6 is 0 Å². The average Bonchev–Trinajstić information content (AvgIpc) is 2.25. The zero-order valence-corrected chi connectivity index (χ0v) is 12.1. The van der Waals surface area contributed by atoms with E-state index in [2.05, 4.69) is 19.9 Å². The van der Waals surface area contributed by atoms with Gasteiger partial charge in [-0.25, -0.2) is 4.79 Å². The zero-order valence-electron chi connectivity index (χ0n) is 12.1. The van der Waals surface area contributed by atoms with E-state index in [1.165, 1.54) is 0 Å². The molecule has 0 aliphatic carbocycles. The fraction of sp³-hybridized carbons (Fsp3) is 0.857. The molecule has 1 rings (SSSR count). The highest BCUT2D eigenvalue weighted by Crippen LogP contribution is 2.29. The van der Waals surface area contributed by atoms with Crippen molar-refractivity contribution in [2.24, 2.45) is 17.8 Å². The number of carbonyl (C=O) groups is 1. The van der Waals surface area contributed by atoms with E-state index in [0.29, 0.717) is 19.0 Å². The minimum Gasteiger partial charge on any atom is -0.444 e. The Morgan fingerprint density at radius 2 is 2.06 bits per heavy atom. The van der Waals surface area contributed by atoms with Gasteiger partial charge in [0.2, 0.25) is 0 Å². The summed E-state index contributed by atoms with van der Waals surface area (Å²) < 4.78 is 5.38. The van der Waals surface area contributed by atoms with Crippen LogP contribution in [0.2, 0.25) is 0 Å². The number of hydrogen-bond acceptors (Lipinski definition) is 3. The fourth-order valence-corrected chi connectivity index (χ4v) is 2.31. The largest absolute Gasteiger partial charge is 0.444 e. The summed E-state index contributed by atoms with van der Waals surface area (Å²) >= 11 is 0. The maximum atomic E-state index is 12.0. The molecule has 4 nitrogen and oxygen atoms in total. The Bertz CT molecular complexity index is 339. The van der Waals surface area contributed by atoms with Gasteiger partial charge in [0.05, 0.1) is 12.0 Å². The van der Waals surface area contributed by atoms with Gasteiger partial charge in [0.15, 0.2) is 0 Å². The molecule has 1 saturated heterocycles. The number of piperidine rings is 1. The van der Waals surface area contributed by atoms with Crippen molar-refractivity contribution >= 4 is 6.09 Å². The van der Waals surface area contributed by atoms with Crippen molar-refractivity contribution in [3.05, 3.63) is 0 Å². The first-order valence-corrected chi connectivity index (χ1v) is 6.62. The maximum Gasteiger partial charge on any atom is 0.410 e. The molecule has 2 unspecified atom stereocenters. The number of hydrogen-bond donors (Lipinski definition) is 0. The van der Waals surface area contributed by atoms with E-state index in [1.54, 1.807) is 4.90 Å². The van der Waals surface area contributed by atoms with Crippen LogP contribution < -0.4 is 0 Å². The van der Waals surface area contributed by atoms with Gasteiger partial charge in [-0.2, -0.15) is 5.26 Å². The lowest BCUT2D eigenvalue weighted by atomic mass is 9.79.